The number of aryl methyl sites for hydroxylation is 1. The molecule has 1 aliphatic heterocycles. The van der Waals surface area contributed by atoms with Crippen LogP contribution in [0.4, 0.5) is 0 Å². The zero-order valence-corrected chi connectivity index (χ0v) is 19.2. The van der Waals surface area contributed by atoms with Gasteiger partial charge in [0.05, 0.1) is 0 Å². The number of piperidine rings is 1. The first-order valence-corrected chi connectivity index (χ1v) is 12.6. The second-order valence-corrected chi connectivity index (χ2v) is 9.58. The number of hydrogen-bond acceptors (Lipinski definition) is 1. The maximum absolute atomic E-state index is 3.41. The summed E-state index contributed by atoms with van der Waals surface area (Å²) >= 11 is 0. The minimum Gasteiger partial charge on any atom is -0.361 e. The number of para-hydroxylation sites is 1. The average molecular weight is 433 g/mol. The molecule has 2 aliphatic carbocycles. The first kappa shape index (κ1) is 20.5. The van der Waals surface area contributed by atoms with Crippen molar-refractivity contribution in [3.63, 3.8) is 0 Å². The molecule has 1 saturated heterocycles. The number of H-pyrrole nitrogens is 1. The van der Waals surface area contributed by atoms with Crippen molar-refractivity contribution in [2.45, 2.75) is 44.4 Å². The van der Waals surface area contributed by atoms with Crippen molar-refractivity contribution in [2.75, 3.05) is 13.1 Å². The van der Waals surface area contributed by atoms with Gasteiger partial charge in [0, 0.05) is 17.1 Å². The molecule has 0 saturated carbocycles. The van der Waals surface area contributed by atoms with Gasteiger partial charge in [-0.1, -0.05) is 66.7 Å². The topological polar surface area (TPSA) is 27.8 Å². The lowest BCUT2D eigenvalue weighted by atomic mass is 9.87. The largest absolute Gasteiger partial charge is 0.361 e. The SMILES string of the molecule is C1=c2c(ccc3c2=CCc2ccccc2-3)CCC1.c1ccc2c(C3CCNCC3)c[nH]c2c1. The van der Waals surface area contributed by atoms with Crippen molar-refractivity contribution >= 4 is 23.1 Å². The molecule has 2 heterocycles. The minimum atomic E-state index is 0.738. The quantitative estimate of drug-likeness (QED) is 0.412. The minimum absolute atomic E-state index is 0.738. The molecule has 1 aromatic heterocycles. The first-order valence-electron chi connectivity index (χ1n) is 12.6. The van der Waals surface area contributed by atoms with E-state index in [1.54, 1.807) is 0 Å². The number of nitrogens with one attached hydrogen (secondary N) is 2. The van der Waals surface area contributed by atoms with Crippen molar-refractivity contribution in [1.82, 2.24) is 10.3 Å². The molecule has 0 bridgehead atoms. The van der Waals surface area contributed by atoms with Gasteiger partial charge in [-0.3, -0.25) is 0 Å². The van der Waals surface area contributed by atoms with Gasteiger partial charge in [-0.2, -0.15) is 0 Å². The lowest BCUT2D eigenvalue weighted by Gasteiger charge is -2.22. The summed E-state index contributed by atoms with van der Waals surface area (Å²) in [7, 11) is 0. The van der Waals surface area contributed by atoms with Gasteiger partial charge in [0.1, 0.15) is 0 Å². The summed E-state index contributed by atoms with van der Waals surface area (Å²) in [6.07, 6.45) is 14.4. The number of aromatic amines is 1. The normalized spacial score (nSPS) is 17.0. The molecular weight excluding hydrogens is 400 g/mol. The highest BCUT2D eigenvalue weighted by atomic mass is 14.9. The van der Waals surface area contributed by atoms with Crippen LogP contribution in [0, 0.1) is 0 Å². The predicted octanol–water partition coefficient (Wildman–Crippen LogP) is 5.44. The van der Waals surface area contributed by atoms with Crippen molar-refractivity contribution in [1.29, 1.82) is 0 Å². The summed E-state index contributed by atoms with van der Waals surface area (Å²) in [5.41, 5.74) is 8.63. The molecular formula is C31H32N2. The highest BCUT2D eigenvalue weighted by Gasteiger charge is 2.18. The first-order chi connectivity index (χ1) is 16.4. The fourth-order valence-electron chi connectivity index (χ4n) is 5.87. The maximum Gasteiger partial charge on any atom is 0.0456 e. The van der Waals surface area contributed by atoms with E-state index in [0.29, 0.717) is 0 Å². The number of hydrogen-bond donors (Lipinski definition) is 2. The van der Waals surface area contributed by atoms with Gasteiger partial charge in [-0.15, -0.1) is 0 Å². The van der Waals surface area contributed by atoms with Crippen molar-refractivity contribution in [3.05, 3.63) is 94.0 Å². The number of rotatable bonds is 1. The summed E-state index contributed by atoms with van der Waals surface area (Å²) < 4.78 is 0. The van der Waals surface area contributed by atoms with Crippen LogP contribution in [0.5, 0.6) is 0 Å². The highest BCUT2D eigenvalue weighted by molar-refractivity contribution is 5.83. The van der Waals surface area contributed by atoms with Crippen LogP contribution in [0.15, 0.2) is 66.9 Å². The molecule has 0 spiro atoms. The predicted molar refractivity (Wildman–Crippen MR) is 140 cm³/mol. The van der Waals surface area contributed by atoms with Crippen LogP contribution in [0.3, 0.4) is 0 Å². The van der Waals surface area contributed by atoms with Gasteiger partial charge >= 0.3 is 0 Å². The smallest absolute Gasteiger partial charge is 0.0456 e. The lowest BCUT2D eigenvalue weighted by Crippen LogP contribution is -2.33. The van der Waals surface area contributed by atoms with E-state index in [4.69, 9.17) is 0 Å². The third-order valence-corrected chi connectivity index (χ3v) is 7.61. The molecule has 4 aromatic rings. The zero-order valence-electron chi connectivity index (χ0n) is 19.2. The third kappa shape index (κ3) is 3.94. The van der Waals surface area contributed by atoms with Gasteiger partial charge in [0.25, 0.3) is 0 Å². The Kier molecular flexibility index (Phi) is 5.61. The Bertz CT molecular complexity index is 1400. The molecule has 1 fully saturated rings. The van der Waals surface area contributed by atoms with Gasteiger partial charge in [0.15, 0.2) is 0 Å². The van der Waals surface area contributed by atoms with E-state index in [1.807, 2.05) is 0 Å². The van der Waals surface area contributed by atoms with E-state index >= 15 is 0 Å². The van der Waals surface area contributed by atoms with Crippen LogP contribution in [-0.4, -0.2) is 18.1 Å². The standard InChI is InChI=1S/C18H16.C13H16N2/c1-3-7-15-13(5-1)9-11-18-16-8-4-2-6-14(16)10-12-17(15)18;1-2-4-13-11(3-1)12(9-15-13)10-5-7-14-8-6-10/h1,3,5,7-8,10-12H,2,4,6,9H2;1-4,9-10,14-15H,5-8H2. The molecule has 3 aromatic carbocycles. The van der Waals surface area contributed by atoms with Gasteiger partial charge in [-0.25, -0.2) is 0 Å². The molecule has 33 heavy (non-hydrogen) atoms. The van der Waals surface area contributed by atoms with Crippen molar-refractivity contribution in [3.8, 4) is 11.1 Å². The Balaban J connectivity index is 0.000000127. The van der Waals surface area contributed by atoms with Crippen molar-refractivity contribution < 1.29 is 0 Å². The van der Waals surface area contributed by atoms with Gasteiger partial charge < -0.3 is 10.3 Å². The Hall–Kier alpha value is -3.10. The van der Waals surface area contributed by atoms with E-state index in [1.165, 1.54) is 81.3 Å². The van der Waals surface area contributed by atoms with Crippen LogP contribution in [0.25, 0.3) is 34.2 Å². The van der Waals surface area contributed by atoms with E-state index < -0.39 is 0 Å². The summed E-state index contributed by atoms with van der Waals surface area (Å²) in [6.45, 7) is 2.31. The average Bonchev–Trinajstić information content (AvgIpc) is 3.33. The Morgan fingerprint density at radius 3 is 2.52 bits per heavy atom. The van der Waals surface area contributed by atoms with Gasteiger partial charge in [0.2, 0.25) is 0 Å². The number of fused-ring (bicyclic) bond motifs is 6. The molecule has 0 amide bonds. The third-order valence-electron chi connectivity index (χ3n) is 7.61. The summed E-state index contributed by atoms with van der Waals surface area (Å²) in [4.78, 5) is 3.37. The second-order valence-electron chi connectivity index (χ2n) is 9.58. The molecule has 7 rings (SSSR count). The molecule has 166 valence electrons. The molecule has 3 aliphatic rings. The van der Waals surface area contributed by atoms with E-state index in [-0.39, 0.29) is 0 Å². The fourth-order valence-corrected chi connectivity index (χ4v) is 5.87. The molecule has 2 nitrogen and oxygen atoms in total. The van der Waals surface area contributed by atoms with Crippen LogP contribution >= 0.6 is 0 Å². The summed E-state index contributed by atoms with van der Waals surface area (Å²) in [6, 6.07) is 22.0. The van der Waals surface area contributed by atoms with Crippen molar-refractivity contribution in [2.24, 2.45) is 0 Å². The van der Waals surface area contributed by atoms with E-state index in [0.717, 1.165) is 25.4 Å². The molecule has 0 atom stereocenters. The Morgan fingerprint density at radius 1 is 0.727 bits per heavy atom. The zero-order chi connectivity index (χ0) is 22.0. The Labute approximate surface area is 196 Å². The molecule has 2 heteroatoms. The highest BCUT2D eigenvalue weighted by Crippen LogP contribution is 2.31. The number of aromatic nitrogens is 1. The van der Waals surface area contributed by atoms with Crippen LogP contribution in [0.1, 0.15) is 48.3 Å². The van der Waals surface area contributed by atoms with Crippen LogP contribution < -0.4 is 15.8 Å². The number of benzene rings is 3. The molecule has 2 N–H and O–H groups in total. The van der Waals surface area contributed by atoms with Gasteiger partial charge in [-0.05, 0) is 102 Å². The fraction of sp³-hybridized carbons (Fsp3) is 0.290. The van der Waals surface area contributed by atoms with Crippen LogP contribution in [-0.2, 0) is 12.8 Å². The summed E-state index contributed by atoms with van der Waals surface area (Å²) in [5, 5.41) is 7.81. The molecule has 0 radical (unpaired) electrons. The monoisotopic (exact) mass is 432 g/mol. The Morgan fingerprint density at radius 2 is 1.58 bits per heavy atom. The van der Waals surface area contributed by atoms with E-state index in [9.17, 15) is 0 Å². The maximum atomic E-state index is 3.41. The van der Waals surface area contributed by atoms with Crippen LogP contribution in [0.2, 0.25) is 0 Å². The lowest BCUT2D eigenvalue weighted by molar-refractivity contribution is 0.462. The summed E-state index contributed by atoms with van der Waals surface area (Å²) in [5.74, 6) is 0.738. The second kappa shape index (κ2) is 9.03. The molecule has 0 unspecified atom stereocenters. The van der Waals surface area contributed by atoms with E-state index in [2.05, 4.69) is 89.3 Å².